The van der Waals surface area contributed by atoms with Crippen LogP contribution in [0.25, 0.3) is 17.1 Å². The summed E-state index contributed by atoms with van der Waals surface area (Å²) in [6.45, 7) is 6.85. The van der Waals surface area contributed by atoms with Crippen LogP contribution in [0.3, 0.4) is 0 Å². The van der Waals surface area contributed by atoms with Crippen molar-refractivity contribution in [1.29, 1.82) is 0 Å². The Morgan fingerprint density at radius 3 is 2.78 bits per heavy atom. The Morgan fingerprint density at radius 1 is 1.17 bits per heavy atom. The van der Waals surface area contributed by atoms with Gasteiger partial charge in [0, 0.05) is 30.3 Å². The fourth-order valence-electron chi connectivity index (χ4n) is 3.98. The van der Waals surface area contributed by atoms with Crippen LogP contribution in [0.5, 0.6) is 5.75 Å². The summed E-state index contributed by atoms with van der Waals surface area (Å²) in [7, 11) is 0. The lowest BCUT2D eigenvalue weighted by atomic mass is 9.95. The molecule has 0 aliphatic carbocycles. The third kappa shape index (κ3) is 5.34. The van der Waals surface area contributed by atoms with Gasteiger partial charge in [0.1, 0.15) is 24.1 Å². The number of ether oxygens (including phenoxy) is 3. The SMILES string of the molecule is CCn1cc(-n2ccc(=O)c(C(C)c3cccc(-c4ncc(OCC5COCCO5)cn4)c3)n2)cn1. The maximum absolute atomic E-state index is 12.7. The molecule has 1 aliphatic heterocycles. The number of hydrogen-bond donors (Lipinski definition) is 0. The lowest BCUT2D eigenvalue weighted by Crippen LogP contribution is -2.33. The Hall–Kier alpha value is -3.89. The van der Waals surface area contributed by atoms with Crippen LogP contribution in [0.1, 0.15) is 31.0 Å². The van der Waals surface area contributed by atoms with Gasteiger partial charge >= 0.3 is 0 Å². The second-order valence-corrected chi connectivity index (χ2v) is 8.53. The first-order chi connectivity index (χ1) is 17.6. The summed E-state index contributed by atoms with van der Waals surface area (Å²) in [5, 5.41) is 8.92. The van der Waals surface area contributed by atoms with Gasteiger partial charge in [0.05, 0.1) is 44.6 Å². The number of aryl methyl sites for hydroxylation is 1. The highest BCUT2D eigenvalue weighted by atomic mass is 16.6. The van der Waals surface area contributed by atoms with E-state index in [4.69, 9.17) is 14.2 Å². The van der Waals surface area contributed by atoms with Crippen LogP contribution < -0.4 is 10.2 Å². The van der Waals surface area contributed by atoms with E-state index in [2.05, 4.69) is 20.2 Å². The van der Waals surface area contributed by atoms with E-state index in [0.29, 0.717) is 43.7 Å². The van der Waals surface area contributed by atoms with Gasteiger partial charge in [-0.2, -0.15) is 10.2 Å². The van der Waals surface area contributed by atoms with E-state index in [1.807, 2.05) is 49.0 Å². The molecule has 36 heavy (non-hydrogen) atoms. The van der Waals surface area contributed by atoms with Crippen molar-refractivity contribution in [3.63, 3.8) is 0 Å². The maximum Gasteiger partial charge on any atom is 0.203 e. The van der Waals surface area contributed by atoms with Crippen LogP contribution in [0, 0.1) is 0 Å². The molecule has 0 N–H and O–H groups in total. The number of aromatic nitrogens is 6. The molecule has 1 aliphatic rings. The highest BCUT2D eigenvalue weighted by Gasteiger charge is 2.17. The molecule has 186 valence electrons. The molecule has 0 saturated carbocycles. The molecule has 10 nitrogen and oxygen atoms in total. The number of nitrogens with zero attached hydrogens (tertiary/aromatic N) is 6. The summed E-state index contributed by atoms with van der Waals surface area (Å²) in [5.41, 5.74) is 2.93. The summed E-state index contributed by atoms with van der Waals surface area (Å²) in [4.78, 5) is 21.6. The van der Waals surface area contributed by atoms with Gasteiger partial charge in [0.25, 0.3) is 0 Å². The Balaban J connectivity index is 1.32. The second-order valence-electron chi connectivity index (χ2n) is 8.53. The standard InChI is InChI=1S/C26H28N6O4/c1-3-31-15-21(12-29-31)32-8-7-24(33)25(30-32)18(2)19-5-4-6-20(11-19)26-27-13-22(14-28-26)36-17-23-16-34-9-10-35-23/h4-8,11-15,18,23H,3,9-10,16-17H2,1-2H3. The van der Waals surface area contributed by atoms with Crippen LogP contribution in [-0.4, -0.2) is 62.1 Å². The molecule has 2 unspecified atom stereocenters. The topological polar surface area (TPSA) is 106 Å². The van der Waals surface area contributed by atoms with Crippen molar-refractivity contribution in [2.24, 2.45) is 0 Å². The van der Waals surface area contributed by atoms with Gasteiger partial charge in [-0.25, -0.2) is 14.6 Å². The third-order valence-corrected chi connectivity index (χ3v) is 6.05. The lowest BCUT2D eigenvalue weighted by molar-refractivity contribution is -0.101. The minimum Gasteiger partial charge on any atom is -0.488 e. The summed E-state index contributed by atoms with van der Waals surface area (Å²) < 4.78 is 20.2. The van der Waals surface area contributed by atoms with Crippen molar-refractivity contribution in [3.8, 4) is 22.8 Å². The van der Waals surface area contributed by atoms with Crippen LogP contribution in [0.2, 0.25) is 0 Å². The van der Waals surface area contributed by atoms with Crippen molar-refractivity contribution in [2.75, 3.05) is 26.4 Å². The normalized spacial score (nSPS) is 16.6. The first-order valence-electron chi connectivity index (χ1n) is 12.0. The van der Waals surface area contributed by atoms with E-state index in [1.54, 1.807) is 29.5 Å². The molecule has 1 fully saturated rings. The summed E-state index contributed by atoms with van der Waals surface area (Å²) >= 11 is 0. The van der Waals surface area contributed by atoms with Crippen LogP contribution in [0.15, 0.2) is 66.1 Å². The van der Waals surface area contributed by atoms with E-state index < -0.39 is 0 Å². The summed E-state index contributed by atoms with van der Waals surface area (Å²) in [5.74, 6) is 0.906. The fourth-order valence-corrected chi connectivity index (χ4v) is 3.98. The molecule has 1 saturated heterocycles. The zero-order chi connectivity index (χ0) is 24.9. The largest absolute Gasteiger partial charge is 0.488 e. The average Bonchev–Trinajstić information content (AvgIpc) is 3.42. The van der Waals surface area contributed by atoms with Gasteiger partial charge in [0.2, 0.25) is 5.43 Å². The van der Waals surface area contributed by atoms with E-state index in [1.165, 1.54) is 6.07 Å². The van der Waals surface area contributed by atoms with Gasteiger partial charge < -0.3 is 14.2 Å². The molecule has 5 rings (SSSR count). The van der Waals surface area contributed by atoms with E-state index >= 15 is 0 Å². The summed E-state index contributed by atoms with van der Waals surface area (Å²) in [6, 6.07) is 9.38. The average molecular weight is 489 g/mol. The zero-order valence-electron chi connectivity index (χ0n) is 20.3. The molecule has 10 heteroatoms. The molecule has 0 spiro atoms. The number of rotatable bonds is 8. The molecule has 0 bridgehead atoms. The van der Waals surface area contributed by atoms with E-state index in [0.717, 1.165) is 23.4 Å². The van der Waals surface area contributed by atoms with Crippen molar-refractivity contribution >= 4 is 0 Å². The first-order valence-corrected chi connectivity index (χ1v) is 12.0. The highest BCUT2D eigenvalue weighted by molar-refractivity contribution is 5.57. The molecule has 1 aromatic carbocycles. The van der Waals surface area contributed by atoms with Gasteiger partial charge in [-0.05, 0) is 18.6 Å². The molecule has 0 amide bonds. The quantitative estimate of drug-likeness (QED) is 0.373. The Labute approximate surface area is 208 Å². The van der Waals surface area contributed by atoms with Gasteiger partial charge in [-0.1, -0.05) is 25.1 Å². The molecule has 4 aromatic rings. The molecule has 4 heterocycles. The minimum absolute atomic E-state index is 0.0874. The van der Waals surface area contributed by atoms with Crippen LogP contribution in [-0.2, 0) is 16.0 Å². The van der Waals surface area contributed by atoms with Gasteiger partial charge in [-0.3, -0.25) is 9.48 Å². The van der Waals surface area contributed by atoms with Crippen molar-refractivity contribution < 1.29 is 14.2 Å². The number of hydrogen-bond acceptors (Lipinski definition) is 8. The molecule has 2 atom stereocenters. The van der Waals surface area contributed by atoms with Gasteiger partial charge in [0.15, 0.2) is 11.6 Å². The van der Waals surface area contributed by atoms with Crippen molar-refractivity contribution in [3.05, 3.63) is 82.8 Å². The summed E-state index contributed by atoms with van der Waals surface area (Å²) in [6.07, 6.45) is 8.50. The lowest BCUT2D eigenvalue weighted by Gasteiger charge is -2.22. The van der Waals surface area contributed by atoms with E-state index in [9.17, 15) is 4.79 Å². The van der Waals surface area contributed by atoms with Gasteiger partial charge in [-0.15, -0.1) is 0 Å². The predicted molar refractivity (Wildman–Crippen MR) is 132 cm³/mol. The Bertz CT molecular complexity index is 1360. The van der Waals surface area contributed by atoms with Crippen molar-refractivity contribution in [1.82, 2.24) is 29.5 Å². The number of benzene rings is 1. The zero-order valence-corrected chi connectivity index (χ0v) is 20.3. The molecule has 0 radical (unpaired) electrons. The third-order valence-electron chi connectivity index (χ3n) is 6.05. The maximum atomic E-state index is 12.7. The van der Waals surface area contributed by atoms with Crippen molar-refractivity contribution in [2.45, 2.75) is 32.4 Å². The minimum atomic E-state index is -0.230. The molecular formula is C26H28N6O4. The smallest absolute Gasteiger partial charge is 0.203 e. The van der Waals surface area contributed by atoms with Crippen LogP contribution in [0.4, 0.5) is 0 Å². The van der Waals surface area contributed by atoms with Crippen LogP contribution >= 0.6 is 0 Å². The monoisotopic (exact) mass is 488 g/mol. The Kier molecular flexibility index (Phi) is 7.15. The first kappa shape index (κ1) is 23.8. The molecule has 3 aromatic heterocycles. The fraction of sp³-hybridized carbons (Fsp3) is 0.346. The second kappa shape index (κ2) is 10.8. The predicted octanol–water partition coefficient (Wildman–Crippen LogP) is 2.85. The molecular weight excluding hydrogens is 460 g/mol. The highest BCUT2D eigenvalue weighted by Crippen LogP contribution is 2.25. The van der Waals surface area contributed by atoms with E-state index in [-0.39, 0.29) is 17.5 Å². The Morgan fingerprint density at radius 2 is 2.03 bits per heavy atom.